The van der Waals surface area contributed by atoms with Crippen molar-refractivity contribution >= 4 is 0 Å². The van der Waals surface area contributed by atoms with Gasteiger partial charge in [-0.3, -0.25) is 0 Å². The molecule has 2 unspecified atom stereocenters. The van der Waals surface area contributed by atoms with Gasteiger partial charge in [0.2, 0.25) is 0 Å². The molecule has 0 radical (unpaired) electrons. The molecule has 0 aliphatic carbocycles. The molecule has 0 saturated carbocycles. The molecule has 12 heavy (non-hydrogen) atoms. The van der Waals surface area contributed by atoms with Crippen molar-refractivity contribution in [1.82, 2.24) is 0 Å². The molecular formula is C9H11FO2. The van der Waals surface area contributed by atoms with Gasteiger partial charge in [0.15, 0.2) is 0 Å². The lowest BCUT2D eigenvalue weighted by molar-refractivity contribution is 0.0305. The van der Waals surface area contributed by atoms with Gasteiger partial charge in [0, 0.05) is 0 Å². The van der Waals surface area contributed by atoms with Gasteiger partial charge in [-0.05, 0) is 24.6 Å². The fourth-order valence-corrected chi connectivity index (χ4v) is 0.938. The zero-order chi connectivity index (χ0) is 9.14. The van der Waals surface area contributed by atoms with Crippen LogP contribution in [0.2, 0.25) is 0 Å². The smallest absolute Gasteiger partial charge is 0.123 e. The van der Waals surface area contributed by atoms with Crippen molar-refractivity contribution in [2.45, 2.75) is 19.1 Å². The molecule has 1 aromatic rings. The van der Waals surface area contributed by atoms with E-state index in [1.807, 2.05) is 0 Å². The molecule has 0 aliphatic heterocycles. The highest BCUT2D eigenvalue weighted by Crippen LogP contribution is 2.16. The molecule has 1 aromatic carbocycles. The second kappa shape index (κ2) is 3.65. The normalized spacial score (nSPS) is 15.7. The van der Waals surface area contributed by atoms with E-state index in [9.17, 15) is 9.50 Å². The number of aliphatic hydroxyl groups is 2. The van der Waals surface area contributed by atoms with Gasteiger partial charge in [0.05, 0.1) is 6.10 Å². The Hall–Kier alpha value is -0.930. The van der Waals surface area contributed by atoms with Crippen molar-refractivity contribution in [3.05, 3.63) is 35.6 Å². The van der Waals surface area contributed by atoms with E-state index in [1.54, 1.807) is 0 Å². The molecule has 0 heterocycles. The van der Waals surface area contributed by atoms with Gasteiger partial charge in [-0.25, -0.2) is 4.39 Å². The molecule has 0 fully saturated rings. The van der Waals surface area contributed by atoms with Gasteiger partial charge in [-0.2, -0.15) is 0 Å². The summed E-state index contributed by atoms with van der Waals surface area (Å²) in [5, 5.41) is 18.3. The summed E-state index contributed by atoms with van der Waals surface area (Å²) in [5.74, 6) is -0.350. The lowest BCUT2D eigenvalue weighted by Crippen LogP contribution is -2.13. The van der Waals surface area contributed by atoms with Crippen LogP contribution < -0.4 is 0 Å². The molecule has 2 atom stereocenters. The first-order valence-electron chi connectivity index (χ1n) is 3.73. The van der Waals surface area contributed by atoms with E-state index in [1.165, 1.54) is 31.2 Å². The predicted octanol–water partition coefficient (Wildman–Crippen LogP) is 1.24. The molecule has 2 N–H and O–H groups in total. The molecule has 1 rings (SSSR count). The van der Waals surface area contributed by atoms with E-state index in [4.69, 9.17) is 5.11 Å². The van der Waals surface area contributed by atoms with Gasteiger partial charge in [-0.1, -0.05) is 12.1 Å². The third-order valence-corrected chi connectivity index (χ3v) is 1.67. The van der Waals surface area contributed by atoms with E-state index in [-0.39, 0.29) is 5.82 Å². The second-order valence-corrected chi connectivity index (χ2v) is 2.74. The van der Waals surface area contributed by atoms with Crippen molar-refractivity contribution in [2.75, 3.05) is 0 Å². The van der Waals surface area contributed by atoms with Crippen LogP contribution in [0.5, 0.6) is 0 Å². The highest BCUT2D eigenvalue weighted by atomic mass is 19.1. The van der Waals surface area contributed by atoms with Gasteiger partial charge in [0.25, 0.3) is 0 Å². The number of hydrogen-bond acceptors (Lipinski definition) is 2. The topological polar surface area (TPSA) is 40.5 Å². The van der Waals surface area contributed by atoms with E-state index in [2.05, 4.69) is 0 Å². The minimum atomic E-state index is -0.939. The monoisotopic (exact) mass is 170 g/mol. The maximum absolute atomic E-state index is 12.4. The Bertz CT molecular complexity index is 243. The summed E-state index contributed by atoms with van der Waals surface area (Å²) in [7, 11) is 0. The van der Waals surface area contributed by atoms with Crippen molar-refractivity contribution in [3.8, 4) is 0 Å². The summed E-state index contributed by atoms with van der Waals surface area (Å²) < 4.78 is 12.4. The molecular weight excluding hydrogens is 159 g/mol. The molecule has 0 amide bonds. The van der Waals surface area contributed by atoms with Crippen LogP contribution in [0.15, 0.2) is 24.3 Å². The summed E-state index contributed by atoms with van der Waals surface area (Å²) in [4.78, 5) is 0. The maximum atomic E-state index is 12.4. The first-order chi connectivity index (χ1) is 5.61. The number of halogens is 1. The van der Waals surface area contributed by atoms with E-state index < -0.39 is 12.2 Å². The zero-order valence-electron chi connectivity index (χ0n) is 6.74. The van der Waals surface area contributed by atoms with Crippen molar-refractivity contribution in [3.63, 3.8) is 0 Å². The van der Waals surface area contributed by atoms with Crippen LogP contribution in [0.3, 0.4) is 0 Å². The summed E-state index contributed by atoms with van der Waals surface area (Å²) in [6, 6.07) is 5.40. The summed E-state index contributed by atoms with van der Waals surface area (Å²) in [6.45, 7) is 1.48. The fraction of sp³-hybridized carbons (Fsp3) is 0.333. The van der Waals surface area contributed by atoms with Gasteiger partial charge < -0.3 is 10.2 Å². The Morgan fingerprint density at radius 3 is 2.08 bits per heavy atom. The third kappa shape index (κ3) is 2.03. The number of rotatable bonds is 2. The molecule has 0 saturated heterocycles. The van der Waals surface area contributed by atoms with Crippen LogP contribution in [0.4, 0.5) is 4.39 Å². The minimum Gasteiger partial charge on any atom is -0.390 e. The Kier molecular flexibility index (Phi) is 2.78. The van der Waals surface area contributed by atoms with Crippen molar-refractivity contribution < 1.29 is 14.6 Å². The molecule has 0 bridgehead atoms. The lowest BCUT2D eigenvalue weighted by Gasteiger charge is -2.13. The summed E-state index contributed by atoms with van der Waals surface area (Å²) in [5.41, 5.74) is 0.520. The lowest BCUT2D eigenvalue weighted by atomic mass is 10.1. The molecule has 0 spiro atoms. The van der Waals surface area contributed by atoms with Gasteiger partial charge in [-0.15, -0.1) is 0 Å². The van der Waals surface area contributed by atoms with E-state index in [0.29, 0.717) is 5.56 Å². The molecule has 0 aliphatic rings. The van der Waals surface area contributed by atoms with Gasteiger partial charge in [0.1, 0.15) is 11.9 Å². The number of benzene rings is 1. The standard InChI is InChI=1S/C9H11FO2/c1-6(11)9(12)7-2-4-8(10)5-3-7/h2-6,9,11-12H,1H3. The quantitative estimate of drug-likeness (QED) is 0.701. The van der Waals surface area contributed by atoms with E-state index >= 15 is 0 Å². The Morgan fingerprint density at radius 1 is 1.17 bits per heavy atom. The van der Waals surface area contributed by atoms with Gasteiger partial charge >= 0.3 is 0 Å². The molecule has 2 nitrogen and oxygen atoms in total. The first kappa shape index (κ1) is 9.16. The minimum absolute atomic E-state index is 0.350. The Balaban J connectivity index is 2.82. The van der Waals surface area contributed by atoms with Crippen LogP contribution in [0, 0.1) is 5.82 Å². The fourth-order valence-electron chi connectivity index (χ4n) is 0.938. The zero-order valence-corrected chi connectivity index (χ0v) is 6.74. The maximum Gasteiger partial charge on any atom is 0.123 e. The van der Waals surface area contributed by atoms with Crippen molar-refractivity contribution in [1.29, 1.82) is 0 Å². The largest absolute Gasteiger partial charge is 0.390 e. The third-order valence-electron chi connectivity index (χ3n) is 1.67. The average molecular weight is 170 g/mol. The van der Waals surface area contributed by atoms with Crippen LogP contribution in [-0.2, 0) is 0 Å². The number of aliphatic hydroxyl groups excluding tert-OH is 2. The van der Waals surface area contributed by atoms with Crippen LogP contribution in [-0.4, -0.2) is 16.3 Å². The van der Waals surface area contributed by atoms with E-state index in [0.717, 1.165) is 0 Å². The number of hydrogen-bond donors (Lipinski definition) is 2. The average Bonchev–Trinajstić information content (AvgIpc) is 2.04. The molecule has 0 aromatic heterocycles. The highest BCUT2D eigenvalue weighted by molar-refractivity contribution is 5.19. The Labute approximate surface area is 70.3 Å². The second-order valence-electron chi connectivity index (χ2n) is 2.74. The van der Waals surface area contributed by atoms with Crippen LogP contribution in [0.1, 0.15) is 18.6 Å². The van der Waals surface area contributed by atoms with Crippen LogP contribution >= 0.6 is 0 Å². The highest BCUT2D eigenvalue weighted by Gasteiger charge is 2.12. The molecule has 66 valence electrons. The van der Waals surface area contributed by atoms with Crippen molar-refractivity contribution in [2.24, 2.45) is 0 Å². The first-order valence-corrected chi connectivity index (χ1v) is 3.73. The SMILES string of the molecule is CC(O)C(O)c1ccc(F)cc1. The van der Waals surface area contributed by atoms with Crippen LogP contribution in [0.25, 0.3) is 0 Å². The summed E-state index contributed by atoms with van der Waals surface area (Å²) in [6.07, 6.45) is -1.78. The summed E-state index contributed by atoms with van der Waals surface area (Å²) >= 11 is 0. The predicted molar refractivity (Wildman–Crippen MR) is 43.0 cm³/mol. The Morgan fingerprint density at radius 2 is 1.67 bits per heavy atom. The molecule has 3 heteroatoms.